The topological polar surface area (TPSA) is 47.6 Å². The molecule has 2 aromatic carbocycles. The molecule has 0 spiro atoms. The van der Waals surface area contributed by atoms with Crippen molar-refractivity contribution in [2.75, 3.05) is 13.2 Å². The van der Waals surface area contributed by atoms with Crippen LogP contribution in [0, 0.1) is 11.3 Å². The van der Waals surface area contributed by atoms with Crippen LogP contribution in [0.2, 0.25) is 5.04 Å². The van der Waals surface area contributed by atoms with Crippen LogP contribution in [0.4, 0.5) is 0 Å². The summed E-state index contributed by atoms with van der Waals surface area (Å²) in [6.45, 7) is 8.01. The average Bonchev–Trinajstić information content (AvgIpc) is 3.70. The Bertz CT molecular complexity index is 908. The summed E-state index contributed by atoms with van der Waals surface area (Å²) in [5.74, 6) is 0.574. The molecule has 2 atom stereocenters. The Labute approximate surface area is 192 Å². The van der Waals surface area contributed by atoms with Crippen molar-refractivity contribution in [3.05, 3.63) is 60.7 Å². The van der Waals surface area contributed by atoms with Crippen LogP contribution in [0.1, 0.15) is 46.5 Å². The molecule has 170 valence electrons. The molecule has 1 saturated heterocycles. The third kappa shape index (κ3) is 3.85. The summed E-state index contributed by atoms with van der Waals surface area (Å²) in [6, 6.07) is 21.5. The van der Waals surface area contributed by atoms with Crippen LogP contribution in [0.3, 0.4) is 0 Å². The molecule has 2 saturated carbocycles. The minimum atomic E-state index is -2.61. The van der Waals surface area contributed by atoms with Gasteiger partial charge in [-0.1, -0.05) is 81.4 Å². The van der Waals surface area contributed by atoms with E-state index in [0.29, 0.717) is 25.2 Å². The maximum absolute atomic E-state index is 12.8. The Morgan fingerprint density at radius 1 is 1.00 bits per heavy atom. The van der Waals surface area contributed by atoms with Gasteiger partial charge in [0.05, 0.1) is 0 Å². The molecule has 0 amide bonds. The first-order valence-electron chi connectivity index (χ1n) is 12.0. The molecule has 1 heterocycles. The number of nitrogens with one attached hydrogen (secondary N) is 1. The van der Waals surface area contributed by atoms with E-state index in [4.69, 9.17) is 9.16 Å². The Hall–Kier alpha value is -1.95. The summed E-state index contributed by atoms with van der Waals surface area (Å²) < 4.78 is 12.9. The number of ether oxygens (including phenoxy) is 1. The van der Waals surface area contributed by atoms with E-state index in [1.165, 1.54) is 23.2 Å². The molecule has 3 aliphatic rings. The standard InChI is InChI=1S/C27H35NO3Si/c1-26(2,3)32(21-10-6-4-7-11-21,22-12-8-5-9-13-22)31-19-27(16-17-27)24-25(29)30-18-23(28-24)20-14-15-20/h4-13,20,23-24,28H,14-19H2,1-3H3/t23-,24+/m0/s1. The number of benzene rings is 2. The number of morpholine rings is 1. The molecule has 1 N–H and O–H groups in total. The molecule has 32 heavy (non-hydrogen) atoms. The van der Waals surface area contributed by atoms with E-state index in [9.17, 15) is 4.79 Å². The first kappa shape index (κ1) is 21.9. The van der Waals surface area contributed by atoms with Crippen molar-refractivity contribution in [2.24, 2.45) is 11.3 Å². The summed E-state index contributed by atoms with van der Waals surface area (Å²) in [6.07, 6.45) is 4.51. The van der Waals surface area contributed by atoms with E-state index in [0.717, 1.165) is 12.8 Å². The highest BCUT2D eigenvalue weighted by Gasteiger charge is 2.59. The fraction of sp³-hybridized carbons (Fsp3) is 0.519. The maximum Gasteiger partial charge on any atom is 0.323 e. The van der Waals surface area contributed by atoms with E-state index in [2.05, 4.69) is 86.8 Å². The van der Waals surface area contributed by atoms with Crippen molar-refractivity contribution >= 4 is 24.7 Å². The van der Waals surface area contributed by atoms with Crippen molar-refractivity contribution in [3.8, 4) is 0 Å². The zero-order valence-electron chi connectivity index (χ0n) is 19.5. The largest absolute Gasteiger partial charge is 0.463 e. The second kappa shape index (κ2) is 8.12. The maximum atomic E-state index is 12.8. The smallest absolute Gasteiger partial charge is 0.323 e. The molecular weight excluding hydrogens is 414 g/mol. The van der Waals surface area contributed by atoms with Gasteiger partial charge >= 0.3 is 5.97 Å². The summed E-state index contributed by atoms with van der Waals surface area (Å²) in [5, 5.41) is 6.18. The summed E-state index contributed by atoms with van der Waals surface area (Å²) in [7, 11) is -2.61. The molecule has 0 bridgehead atoms. The first-order chi connectivity index (χ1) is 15.4. The lowest BCUT2D eigenvalue weighted by molar-refractivity contribution is -0.155. The van der Waals surface area contributed by atoms with Gasteiger partial charge in [0.2, 0.25) is 0 Å². The van der Waals surface area contributed by atoms with E-state index in [1.54, 1.807) is 0 Å². The quantitative estimate of drug-likeness (QED) is 0.518. The van der Waals surface area contributed by atoms with Crippen LogP contribution >= 0.6 is 0 Å². The van der Waals surface area contributed by atoms with Gasteiger partial charge in [0, 0.05) is 18.1 Å². The van der Waals surface area contributed by atoms with Gasteiger partial charge in [0.25, 0.3) is 8.32 Å². The Morgan fingerprint density at radius 2 is 1.56 bits per heavy atom. The zero-order chi connectivity index (χ0) is 22.4. The molecule has 0 unspecified atom stereocenters. The van der Waals surface area contributed by atoms with Crippen molar-refractivity contribution in [3.63, 3.8) is 0 Å². The number of cyclic esters (lactones) is 1. The Morgan fingerprint density at radius 3 is 2.03 bits per heavy atom. The van der Waals surface area contributed by atoms with E-state index < -0.39 is 8.32 Å². The third-order valence-electron chi connectivity index (χ3n) is 7.71. The normalized spacial score (nSPS) is 25.3. The number of carbonyl (C=O) groups excluding carboxylic acids is 1. The molecular formula is C27H35NO3Si. The van der Waals surface area contributed by atoms with Crippen LogP contribution < -0.4 is 15.7 Å². The zero-order valence-corrected chi connectivity index (χ0v) is 20.5. The first-order valence-corrected chi connectivity index (χ1v) is 13.9. The fourth-order valence-electron chi connectivity index (χ4n) is 5.47. The molecule has 2 aromatic rings. The monoisotopic (exact) mass is 449 g/mol. The summed E-state index contributed by atoms with van der Waals surface area (Å²) >= 11 is 0. The van der Waals surface area contributed by atoms with Crippen molar-refractivity contribution in [1.29, 1.82) is 0 Å². The molecule has 5 rings (SSSR count). The second-order valence-electron chi connectivity index (χ2n) is 11.0. The number of hydrogen-bond donors (Lipinski definition) is 1. The average molecular weight is 450 g/mol. The van der Waals surface area contributed by atoms with Gasteiger partial charge in [-0.2, -0.15) is 0 Å². The van der Waals surface area contributed by atoms with Crippen molar-refractivity contribution in [2.45, 2.75) is 63.6 Å². The second-order valence-corrected chi connectivity index (χ2v) is 15.3. The lowest BCUT2D eigenvalue weighted by Crippen LogP contribution is -2.67. The van der Waals surface area contributed by atoms with E-state index >= 15 is 0 Å². The predicted molar refractivity (Wildman–Crippen MR) is 130 cm³/mol. The molecule has 1 aliphatic heterocycles. The molecule has 2 aliphatic carbocycles. The van der Waals surface area contributed by atoms with Gasteiger partial charge in [-0.15, -0.1) is 0 Å². The highest BCUT2D eigenvalue weighted by atomic mass is 28.4. The number of rotatable bonds is 7. The van der Waals surface area contributed by atoms with Crippen molar-refractivity contribution < 1.29 is 14.0 Å². The number of esters is 1. The van der Waals surface area contributed by atoms with Crippen LogP contribution in [0.15, 0.2) is 60.7 Å². The molecule has 5 heteroatoms. The molecule has 0 aromatic heterocycles. The van der Waals surface area contributed by atoms with Gasteiger partial charge < -0.3 is 9.16 Å². The van der Waals surface area contributed by atoms with Gasteiger partial charge in [0.15, 0.2) is 0 Å². The van der Waals surface area contributed by atoms with Crippen LogP contribution in [-0.2, 0) is 14.0 Å². The minimum absolute atomic E-state index is 0.0666. The van der Waals surface area contributed by atoms with Crippen molar-refractivity contribution in [1.82, 2.24) is 5.32 Å². The van der Waals surface area contributed by atoms with Gasteiger partial charge in [-0.25, -0.2) is 0 Å². The minimum Gasteiger partial charge on any atom is -0.463 e. The summed E-state index contributed by atoms with van der Waals surface area (Å²) in [4.78, 5) is 12.8. The lowest BCUT2D eigenvalue weighted by atomic mass is 9.94. The molecule has 3 fully saturated rings. The predicted octanol–water partition coefficient (Wildman–Crippen LogP) is 3.64. The Balaban J connectivity index is 1.48. The van der Waals surface area contributed by atoms with Crippen LogP contribution in [0.25, 0.3) is 0 Å². The van der Waals surface area contributed by atoms with Crippen LogP contribution in [-0.4, -0.2) is 39.6 Å². The summed E-state index contributed by atoms with van der Waals surface area (Å²) in [5.41, 5.74) is -0.155. The highest BCUT2D eigenvalue weighted by molar-refractivity contribution is 6.99. The van der Waals surface area contributed by atoms with Crippen LogP contribution in [0.5, 0.6) is 0 Å². The number of carbonyl (C=O) groups is 1. The Kier molecular flexibility index (Phi) is 5.55. The van der Waals surface area contributed by atoms with Gasteiger partial charge in [-0.3, -0.25) is 10.1 Å². The van der Waals surface area contributed by atoms with E-state index in [-0.39, 0.29) is 22.5 Å². The molecule has 0 radical (unpaired) electrons. The highest BCUT2D eigenvalue weighted by Crippen LogP contribution is 2.52. The molecule has 4 nitrogen and oxygen atoms in total. The number of hydrogen-bond acceptors (Lipinski definition) is 4. The van der Waals surface area contributed by atoms with E-state index in [1.807, 2.05) is 0 Å². The van der Waals surface area contributed by atoms with Gasteiger partial charge in [0.1, 0.15) is 12.6 Å². The lowest BCUT2D eigenvalue weighted by Gasteiger charge is -2.44. The van der Waals surface area contributed by atoms with Gasteiger partial charge in [-0.05, 0) is 47.0 Å². The third-order valence-corrected chi connectivity index (χ3v) is 12.7. The fourth-order valence-corrected chi connectivity index (χ4v) is 10.1. The SMILES string of the molecule is CC(C)(C)[Si](OCC1([C@@H]2N[C@H](C3CC3)COC2=O)CC1)(c1ccccc1)c1ccccc1.